The summed E-state index contributed by atoms with van der Waals surface area (Å²) in [6.45, 7) is 0.359. The van der Waals surface area contributed by atoms with E-state index < -0.39 is 18.9 Å². The molecule has 0 aromatic carbocycles. The molecule has 4 heterocycles. The summed E-state index contributed by atoms with van der Waals surface area (Å²) in [5.74, 6) is 0.174. The fraction of sp³-hybridized carbons (Fsp3) is 0.316. The number of allylic oxidation sites excluding steroid dienone is 3. The molecule has 1 aliphatic carbocycles. The third-order valence-electron chi connectivity index (χ3n) is 5.07. The fourth-order valence-corrected chi connectivity index (χ4v) is 3.84. The molecular formula is C19H16F2N6O. The Bertz CT molecular complexity index is 1090. The van der Waals surface area contributed by atoms with E-state index in [1.807, 2.05) is 18.2 Å². The number of amides is 1. The van der Waals surface area contributed by atoms with Crippen molar-refractivity contribution in [2.24, 2.45) is 15.9 Å². The third kappa shape index (κ3) is 2.74. The maximum Gasteiger partial charge on any atom is 0.260 e. The smallest absolute Gasteiger partial charge is 0.260 e. The number of imidazole rings is 1. The Hall–Kier alpha value is -3.23. The van der Waals surface area contributed by atoms with Gasteiger partial charge in [-0.1, -0.05) is 12.2 Å². The van der Waals surface area contributed by atoms with E-state index in [2.05, 4.69) is 19.7 Å². The molecule has 0 bridgehead atoms. The zero-order valence-electron chi connectivity index (χ0n) is 14.8. The quantitative estimate of drug-likeness (QED) is 0.815. The van der Waals surface area contributed by atoms with Crippen molar-refractivity contribution in [1.82, 2.24) is 19.3 Å². The van der Waals surface area contributed by atoms with Crippen molar-refractivity contribution in [2.45, 2.75) is 32.4 Å². The molecule has 0 fully saturated rings. The molecule has 2 aromatic rings. The van der Waals surface area contributed by atoms with Crippen LogP contribution in [0.4, 0.5) is 8.78 Å². The number of hydrogen-bond donors (Lipinski definition) is 0. The SMILES string of the molecule is O=C1N=CN=C2C=CC(c3c(-c4ccn(CC(F)F)n4)nc4n3CCC4)=CC12. The van der Waals surface area contributed by atoms with Gasteiger partial charge in [0.15, 0.2) is 0 Å². The summed E-state index contributed by atoms with van der Waals surface area (Å²) in [5, 5.41) is 4.28. The number of nitrogens with zero attached hydrogens (tertiary/aromatic N) is 6. The Balaban J connectivity index is 1.59. The van der Waals surface area contributed by atoms with Gasteiger partial charge in [0.25, 0.3) is 12.3 Å². The highest BCUT2D eigenvalue weighted by Gasteiger charge is 2.30. The van der Waals surface area contributed by atoms with Crippen LogP contribution in [0.15, 0.2) is 40.5 Å². The van der Waals surface area contributed by atoms with E-state index in [0.717, 1.165) is 36.5 Å². The monoisotopic (exact) mass is 382 g/mol. The Kier molecular flexibility index (Phi) is 3.88. The first-order valence-corrected chi connectivity index (χ1v) is 9.06. The van der Waals surface area contributed by atoms with E-state index in [0.29, 0.717) is 17.1 Å². The van der Waals surface area contributed by atoms with Crippen LogP contribution >= 0.6 is 0 Å². The molecule has 0 N–H and O–H groups in total. The van der Waals surface area contributed by atoms with Crippen molar-refractivity contribution < 1.29 is 13.6 Å². The van der Waals surface area contributed by atoms with Gasteiger partial charge in [-0.2, -0.15) is 5.10 Å². The molecule has 0 spiro atoms. The predicted octanol–water partition coefficient (Wildman–Crippen LogP) is 2.54. The van der Waals surface area contributed by atoms with Crippen LogP contribution in [-0.2, 0) is 24.3 Å². The molecule has 1 unspecified atom stereocenters. The van der Waals surface area contributed by atoms with Crippen molar-refractivity contribution in [3.05, 3.63) is 42.0 Å². The molecular weight excluding hydrogens is 366 g/mol. The van der Waals surface area contributed by atoms with E-state index in [1.165, 1.54) is 17.2 Å². The van der Waals surface area contributed by atoms with Gasteiger partial charge in [0.1, 0.15) is 36.0 Å². The summed E-state index contributed by atoms with van der Waals surface area (Å²) in [6, 6.07) is 1.69. The Morgan fingerprint density at radius 3 is 3.04 bits per heavy atom. The molecule has 0 saturated carbocycles. The van der Waals surface area contributed by atoms with Crippen molar-refractivity contribution >= 4 is 23.5 Å². The van der Waals surface area contributed by atoms with Gasteiger partial charge in [-0.15, -0.1) is 0 Å². The molecule has 7 nitrogen and oxygen atoms in total. The number of fused-ring (bicyclic) bond motifs is 2. The zero-order chi connectivity index (χ0) is 19.3. The van der Waals surface area contributed by atoms with Gasteiger partial charge in [0.05, 0.1) is 11.4 Å². The minimum absolute atomic E-state index is 0.254. The summed E-state index contributed by atoms with van der Waals surface area (Å²) < 4.78 is 28.7. The number of aliphatic imine (C=N–C) groups is 2. The van der Waals surface area contributed by atoms with Crippen molar-refractivity contribution in [3.63, 3.8) is 0 Å². The average molecular weight is 382 g/mol. The Morgan fingerprint density at radius 1 is 1.29 bits per heavy atom. The van der Waals surface area contributed by atoms with Crippen molar-refractivity contribution in [3.8, 4) is 11.4 Å². The van der Waals surface area contributed by atoms with Gasteiger partial charge < -0.3 is 4.57 Å². The average Bonchev–Trinajstić information content (AvgIpc) is 3.36. The lowest BCUT2D eigenvalue weighted by atomic mass is 9.90. The minimum atomic E-state index is -2.47. The first kappa shape index (κ1) is 16.9. The molecule has 1 amide bonds. The first-order chi connectivity index (χ1) is 13.6. The van der Waals surface area contributed by atoms with Gasteiger partial charge >= 0.3 is 0 Å². The van der Waals surface area contributed by atoms with Crippen LogP contribution in [0.5, 0.6) is 0 Å². The number of rotatable bonds is 4. The van der Waals surface area contributed by atoms with Crippen molar-refractivity contribution in [1.29, 1.82) is 0 Å². The lowest BCUT2D eigenvalue weighted by molar-refractivity contribution is -0.118. The minimum Gasteiger partial charge on any atom is -0.327 e. The highest BCUT2D eigenvalue weighted by molar-refractivity contribution is 6.20. The third-order valence-corrected chi connectivity index (χ3v) is 5.07. The van der Waals surface area contributed by atoms with Crippen LogP contribution in [0.1, 0.15) is 17.9 Å². The van der Waals surface area contributed by atoms with Gasteiger partial charge in [-0.05, 0) is 24.1 Å². The van der Waals surface area contributed by atoms with Gasteiger partial charge in [0, 0.05) is 19.2 Å². The molecule has 0 saturated heterocycles. The number of alkyl halides is 2. The standard InChI is InChI=1S/C19H16F2N6O/c20-15(21)9-26-7-5-14(25-26)17-18(27-6-1-2-16(27)24-17)11-3-4-13-12(8-11)19(28)23-10-22-13/h3-5,7-8,10,12,15H,1-2,6,9H2. The maximum absolute atomic E-state index is 12.7. The summed E-state index contributed by atoms with van der Waals surface area (Å²) >= 11 is 0. The van der Waals surface area contributed by atoms with E-state index >= 15 is 0 Å². The van der Waals surface area contributed by atoms with E-state index in [1.54, 1.807) is 6.07 Å². The maximum atomic E-state index is 12.7. The van der Waals surface area contributed by atoms with E-state index in [9.17, 15) is 13.6 Å². The molecule has 0 radical (unpaired) electrons. The molecule has 2 aliphatic heterocycles. The van der Waals surface area contributed by atoms with Gasteiger partial charge in [-0.3, -0.25) is 9.48 Å². The first-order valence-electron chi connectivity index (χ1n) is 9.06. The van der Waals surface area contributed by atoms with Crippen LogP contribution < -0.4 is 0 Å². The molecule has 28 heavy (non-hydrogen) atoms. The number of aryl methyl sites for hydroxylation is 1. The highest BCUT2D eigenvalue weighted by Crippen LogP contribution is 2.35. The zero-order valence-corrected chi connectivity index (χ0v) is 14.8. The molecule has 142 valence electrons. The van der Waals surface area contributed by atoms with Gasteiger partial charge in [-0.25, -0.2) is 23.7 Å². The van der Waals surface area contributed by atoms with E-state index in [-0.39, 0.29) is 5.91 Å². The topological polar surface area (TPSA) is 77.4 Å². The molecule has 1 atom stereocenters. The molecule has 2 aromatic heterocycles. The second-order valence-electron chi connectivity index (χ2n) is 6.86. The number of halogens is 2. The second-order valence-corrected chi connectivity index (χ2v) is 6.86. The lowest BCUT2D eigenvalue weighted by Crippen LogP contribution is -2.25. The Morgan fingerprint density at radius 2 is 2.18 bits per heavy atom. The van der Waals surface area contributed by atoms with Crippen LogP contribution in [0.2, 0.25) is 0 Å². The second kappa shape index (κ2) is 6.43. The Labute approximate surface area is 158 Å². The molecule has 3 aliphatic rings. The van der Waals surface area contributed by atoms with E-state index in [4.69, 9.17) is 4.98 Å². The molecule has 9 heteroatoms. The van der Waals surface area contributed by atoms with Gasteiger partial charge in [0.2, 0.25) is 0 Å². The van der Waals surface area contributed by atoms with Crippen LogP contribution in [-0.4, -0.2) is 43.7 Å². The normalized spacial score (nSPS) is 20.4. The summed E-state index contributed by atoms with van der Waals surface area (Å²) in [6.07, 6.45) is 7.74. The number of hydrogen-bond acceptors (Lipinski definition) is 4. The van der Waals surface area contributed by atoms with Crippen LogP contribution in [0, 0.1) is 5.92 Å². The summed E-state index contributed by atoms with van der Waals surface area (Å²) in [4.78, 5) is 24.8. The number of aromatic nitrogens is 4. The summed E-state index contributed by atoms with van der Waals surface area (Å²) in [5.41, 5.74) is 3.54. The highest BCUT2D eigenvalue weighted by atomic mass is 19.3. The van der Waals surface area contributed by atoms with Crippen LogP contribution in [0.25, 0.3) is 17.0 Å². The van der Waals surface area contributed by atoms with Crippen molar-refractivity contribution in [2.75, 3.05) is 0 Å². The lowest BCUT2D eigenvalue weighted by Gasteiger charge is -2.19. The van der Waals surface area contributed by atoms with Crippen LogP contribution in [0.3, 0.4) is 0 Å². The largest absolute Gasteiger partial charge is 0.327 e. The number of carbonyl (C=O) groups excluding carboxylic acids is 1. The number of carbonyl (C=O) groups is 1. The molecule has 5 rings (SSSR count). The summed E-state index contributed by atoms with van der Waals surface area (Å²) in [7, 11) is 0. The predicted molar refractivity (Wildman–Crippen MR) is 99.3 cm³/mol. The fourth-order valence-electron chi connectivity index (χ4n) is 3.84.